The number of carboxylic acids is 1. The Labute approximate surface area is 107 Å². The first-order chi connectivity index (χ1) is 9.08. The molecule has 1 amide bonds. The maximum Gasteiger partial charge on any atom is 0.325 e. The minimum atomic E-state index is -1.06. The number of hydrogen-bond donors (Lipinski definition) is 2. The Morgan fingerprint density at radius 2 is 2.21 bits per heavy atom. The topological polar surface area (TPSA) is 115 Å². The number of nitrogens with one attached hydrogen (secondary N) is 1. The molecule has 2 aromatic rings. The van der Waals surface area contributed by atoms with E-state index in [4.69, 9.17) is 5.11 Å². The molecule has 0 aliphatic heterocycles. The van der Waals surface area contributed by atoms with Gasteiger partial charge in [-0.15, -0.1) is 5.10 Å². The average molecular weight is 264 g/mol. The van der Waals surface area contributed by atoms with Crippen molar-refractivity contribution >= 4 is 17.7 Å². The zero-order valence-electron chi connectivity index (χ0n) is 10.1. The van der Waals surface area contributed by atoms with E-state index in [0.29, 0.717) is 12.4 Å². The van der Waals surface area contributed by atoms with Gasteiger partial charge < -0.3 is 10.4 Å². The van der Waals surface area contributed by atoms with E-state index in [1.807, 2.05) is 6.92 Å². The number of carbonyl (C=O) groups is 2. The molecule has 0 bridgehead atoms. The van der Waals surface area contributed by atoms with E-state index in [1.54, 1.807) is 16.9 Å². The van der Waals surface area contributed by atoms with E-state index in [9.17, 15) is 9.59 Å². The van der Waals surface area contributed by atoms with Gasteiger partial charge in [-0.25, -0.2) is 4.68 Å². The SMILES string of the molecule is CCn1ccc(NC(=O)c2cn(CC(=O)O)nn2)n1. The predicted octanol–water partition coefficient (Wildman–Crippen LogP) is -0.169. The summed E-state index contributed by atoms with van der Waals surface area (Å²) in [5, 5.41) is 22.3. The maximum absolute atomic E-state index is 11.8. The number of nitrogens with zero attached hydrogens (tertiary/aromatic N) is 5. The van der Waals surface area contributed by atoms with Crippen LogP contribution in [-0.2, 0) is 17.9 Å². The van der Waals surface area contributed by atoms with Crippen molar-refractivity contribution in [2.75, 3.05) is 5.32 Å². The molecule has 0 aliphatic rings. The van der Waals surface area contributed by atoms with Gasteiger partial charge in [0.05, 0.1) is 6.20 Å². The summed E-state index contributed by atoms with van der Waals surface area (Å²) < 4.78 is 2.73. The molecule has 0 spiro atoms. The molecule has 100 valence electrons. The lowest BCUT2D eigenvalue weighted by Crippen LogP contribution is -2.13. The van der Waals surface area contributed by atoms with Crippen LogP contribution in [-0.4, -0.2) is 41.8 Å². The van der Waals surface area contributed by atoms with Gasteiger partial charge in [-0.3, -0.25) is 14.3 Å². The second kappa shape index (κ2) is 5.29. The molecule has 19 heavy (non-hydrogen) atoms. The quantitative estimate of drug-likeness (QED) is 0.774. The zero-order valence-corrected chi connectivity index (χ0v) is 10.1. The fourth-order valence-electron chi connectivity index (χ4n) is 1.40. The van der Waals surface area contributed by atoms with Crippen LogP contribution >= 0.6 is 0 Å². The average Bonchev–Trinajstić information content (AvgIpc) is 2.97. The Morgan fingerprint density at radius 1 is 1.42 bits per heavy atom. The van der Waals surface area contributed by atoms with Crippen molar-refractivity contribution in [2.24, 2.45) is 0 Å². The lowest BCUT2D eigenvalue weighted by Gasteiger charge is -1.97. The molecule has 0 saturated carbocycles. The van der Waals surface area contributed by atoms with Crippen LogP contribution in [0.15, 0.2) is 18.5 Å². The Hall–Kier alpha value is -2.71. The summed E-state index contributed by atoms with van der Waals surface area (Å²) in [4.78, 5) is 22.3. The van der Waals surface area contributed by atoms with Crippen molar-refractivity contribution in [3.8, 4) is 0 Å². The molecule has 2 rings (SSSR count). The fraction of sp³-hybridized carbons (Fsp3) is 0.300. The van der Waals surface area contributed by atoms with Crippen molar-refractivity contribution in [3.05, 3.63) is 24.2 Å². The number of anilines is 1. The highest BCUT2D eigenvalue weighted by atomic mass is 16.4. The Balaban J connectivity index is 2.03. The summed E-state index contributed by atoms with van der Waals surface area (Å²) in [6.45, 7) is 2.28. The third-order valence-electron chi connectivity index (χ3n) is 2.27. The smallest absolute Gasteiger partial charge is 0.325 e. The number of aliphatic carboxylic acids is 1. The first-order valence-corrected chi connectivity index (χ1v) is 5.55. The van der Waals surface area contributed by atoms with E-state index in [-0.39, 0.29) is 12.2 Å². The molecule has 9 heteroatoms. The summed E-state index contributed by atoms with van der Waals surface area (Å²) >= 11 is 0. The van der Waals surface area contributed by atoms with Gasteiger partial charge in [0.2, 0.25) is 0 Å². The second-order valence-electron chi connectivity index (χ2n) is 3.71. The van der Waals surface area contributed by atoms with Crippen molar-refractivity contribution in [3.63, 3.8) is 0 Å². The number of aryl methyl sites for hydroxylation is 1. The van der Waals surface area contributed by atoms with E-state index < -0.39 is 11.9 Å². The lowest BCUT2D eigenvalue weighted by atomic mass is 10.4. The molecule has 2 aromatic heterocycles. The third kappa shape index (κ3) is 3.15. The van der Waals surface area contributed by atoms with Gasteiger partial charge in [-0.1, -0.05) is 5.21 Å². The molecule has 0 aromatic carbocycles. The largest absolute Gasteiger partial charge is 0.480 e. The first kappa shape index (κ1) is 12.7. The number of carboxylic acid groups (broad SMARTS) is 1. The van der Waals surface area contributed by atoms with Gasteiger partial charge in [0.15, 0.2) is 11.5 Å². The highest BCUT2D eigenvalue weighted by molar-refractivity contribution is 6.02. The molecule has 0 radical (unpaired) electrons. The molecule has 2 N–H and O–H groups in total. The lowest BCUT2D eigenvalue weighted by molar-refractivity contribution is -0.137. The molecule has 9 nitrogen and oxygen atoms in total. The summed E-state index contributed by atoms with van der Waals surface area (Å²) in [7, 11) is 0. The van der Waals surface area contributed by atoms with E-state index >= 15 is 0 Å². The first-order valence-electron chi connectivity index (χ1n) is 5.55. The highest BCUT2D eigenvalue weighted by Crippen LogP contribution is 2.04. The van der Waals surface area contributed by atoms with E-state index in [2.05, 4.69) is 20.7 Å². The van der Waals surface area contributed by atoms with Crippen LogP contribution in [0.1, 0.15) is 17.4 Å². The van der Waals surface area contributed by atoms with Crippen LogP contribution in [0.5, 0.6) is 0 Å². The molecule has 0 fully saturated rings. The minimum absolute atomic E-state index is 0.0345. The Kier molecular flexibility index (Phi) is 3.55. The zero-order chi connectivity index (χ0) is 13.8. The van der Waals surface area contributed by atoms with Gasteiger partial charge in [0.25, 0.3) is 5.91 Å². The molecule has 0 unspecified atom stereocenters. The molecule has 0 atom stereocenters. The summed E-state index contributed by atoms with van der Waals surface area (Å²) in [5.41, 5.74) is 0.0345. The van der Waals surface area contributed by atoms with E-state index in [0.717, 1.165) is 4.68 Å². The van der Waals surface area contributed by atoms with Gasteiger partial charge in [0, 0.05) is 18.8 Å². The van der Waals surface area contributed by atoms with E-state index in [1.165, 1.54) is 6.20 Å². The Morgan fingerprint density at radius 3 is 2.84 bits per heavy atom. The number of aromatic nitrogens is 5. The van der Waals surface area contributed by atoms with Crippen LogP contribution in [0.25, 0.3) is 0 Å². The monoisotopic (exact) mass is 264 g/mol. The van der Waals surface area contributed by atoms with Crippen LogP contribution in [0.4, 0.5) is 5.82 Å². The van der Waals surface area contributed by atoms with Crippen LogP contribution in [0.2, 0.25) is 0 Å². The van der Waals surface area contributed by atoms with Crippen LogP contribution in [0, 0.1) is 0 Å². The third-order valence-corrected chi connectivity index (χ3v) is 2.27. The maximum atomic E-state index is 11.8. The van der Waals surface area contributed by atoms with Gasteiger partial charge in [0.1, 0.15) is 6.54 Å². The predicted molar refractivity (Wildman–Crippen MR) is 63.5 cm³/mol. The molecule has 0 aliphatic carbocycles. The summed E-state index contributed by atoms with van der Waals surface area (Å²) in [5.74, 6) is -1.14. The fourth-order valence-corrected chi connectivity index (χ4v) is 1.40. The van der Waals surface area contributed by atoms with Crippen molar-refractivity contribution in [2.45, 2.75) is 20.0 Å². The van der Waals surface area contributed by atoms with Gasteiger partial charge in [-0.2, -0.15) is 5.10 Å². The summed E-state index contributed by atoms with van der Waals surface area (Å²) in [6.07, 6.45) is 3.00. The van der Waals surface area contributed by atoms with Crippen molar-refractivity contribution < 1.29 is 14.7 Å². The minimum Gasteiger partial charge on any atom is -0.480 e. The van der Waals surface area contributed by atoms with Crippen molar-refractivity contribution in [1.29, 1.82) is 0 Å². The molecule has 2 heterocycles. The number of carbonyl (C=O) groups excluding carboxylic acids is 1. The van der Waals surface area contributed by atoms with Gasteiger partial charge in [-0.05, 0) is 6.92 Å². The van der Waals surface area contributed by atoms with Crippen LogP contribution < -0.4 is 5.32 Å². The van der Waals surface area contributed by atoms with Gasteiger partial charge >= 0.3 is 5.97 Å². The normalized spacial score (nSPS) is 10.4. The standard InChI is InChI=1S/C10H12N6O3/c1-2-15-4-3-8(13-15)11-10(19)7-5-16(14-12-7)6-9(17)18/h3-5H,2,6H2,1H3,(H,17,18)(H,11,13,19). The van der Waals surface area contributed by atoms with Crippen molar-refractivity contribution in [1.82, 2.24) is 24.8 Å². The highest BCUT2D eigenvalue weighted by Gasteiger charge is 2.13. The molecular weight excluding hydrogens is 252 g/mol. The van der Waals surface area contributed by atoms with Crippen LogP contribution in [0.3, 0.4) is 0 Å². The number of rotatable bonds is 5. The number of hydrogen-bond acceptors (Lipinski definition) is 5. The molecule has 0 saturated heterocycles. The second-order valence-corrected chi connectivity index (χ2v) is 3.71. The number of amides is 1. The Bertz CT molecular complexity index is 602. The molecular formula is C10H12N6O3. The summed E-state index contributed by atoms with van der Waals surface area (Å²) in [6, 6.07) is 1.66.